The summed E-state index contributed by atoms with van der Waals surface area (Å²) in [5.41, 5.74) is 5.82. The van der Waals surface area contributed by atoms with E-state index in [1.165, 1.54) is 0 Å². The molecule has 1 saturated heterocycles. The summed E-state index contributed by atoms with van der Waals surface area (Å²) in [4.78, 5) is 3.29. The van der Waals surface area contributed by atoms with Crippen molar-refractivity contribution in [3.63, 3.8) is 0 Å². The Morgan fingerprint density at radius 2 is 1.94 bits per heavy atom. The van der Waals surface area contributed by atoms with E-state index < -0.39 is 18.1 Å². The highest BCUT2D eigenvalue weighted by Crippen LogP contribution is 2.31. The lowest BCUT2D eigenvalue weighted by molar-refractivity contribution is -0.159. The molecule has 1 aliphatic rings. The van der Waals surface area contributed by atoms with E-state index in [9.17, 15) is 13.2 Å². The van der Waals surface area contributed by atoms with Gasteiger partial charge in [-0.3, -0.25) is 0 Å². The van der Waals surface area contributed by atoms with Crippen molar-refractivity contribution in [3.8, 4) is 0 Å². The fourth-order valence-electron chi connectivity index (χ4n) is 1.77. The van der Waals surface area contributed by atoms with Gasteiger partial charge in [0, 0.05) is 13.2 Å². The molecule has 17 heavy (non-hydrogen) atoms. The average molecular weight is 251 g/mol. The van der Waals surface area contributed by atoms with Crippen LogP contribution in [0.2, 0.25) is 0 Å². The van der Waals surface area contributed by atoms with Crippen LogP contribution in [-0.4, -0.2) is 23.4 Å². The van der Waals surface area contributed by atoms with Crippen LogP contribution >= 0.6 is 0 Å². The number of hydrogen-bond donors (Lipinski definition) is 1. The molecular weight excluding hydrogens is 239 g/mol. The predicted molar refractivity (Wildman–Crippen MR) is 49.8 cm³/mol. The highest BCUT2D eigenvalue weighted by molar-refractivity contribution is 4.98. The van der Waals surface area contributed by atoms with Crippen LogP contribution in [0, 0.1) is 5.92 Å². The van der Waals surface area contributed by atoms with Gasteiger partial charge in [0.25, 0.3) is 0 Å². The van der Waals surface area contributed by atoms with Gasteiger partial charge >= 0.3 is 12.1 Å². The first-order valence-corrected chi connectivity index (χ1v) is 5.22. The van der Waals surface area contributed by atoms with Crippen molar-refractivity contribution < 1.29 is 22.4 Å². The quantitative estimate of drug-likeness (QED) is 0.862. The van der Waals surface area contributed by atoms with Crippen LogP contribution < -0.4 is 5.73 Å². The molecule has 2 N–H and O–H groups in total. The van der Waals surface area contributed by atoms with Gasteiger partial charge in [-0.2, -0.15) is 18.2 Å². The Bertz CT molecular complexity index is 374. The Hall–Kier alpha value is -1.15. The molecule has 1 aliphatic heterocycles. The third kappa shape index (κ3) is 2.75. The van der Waals surface area contributed by atoms with Gasteiger partial charge in [-0.15, -0.1) is 0 Å². The predicted octanol–water partition coefficient (Wildman–Crippen LogP) is 1.51. The van der Waals surface area contributed by atoms with E-state index in [1.807, 2.05) is 0 Å². The molecule has 2 heterocycles. The van der Waals surface area contributed by atoms with Crippen molar-refractivity contribution in [2.45, 2.75) is 25.1 Å². The van der Waals surface area contributed by atoms with Gasteiger partial charge in [0.05, 0.1) is 6.04 Å². The molecule has 5 nitrogen and oxygen atoms in total. The molecule has 0 spiro atoms. The zero-order valence-corrected chi connectivity index (χ0v) is 8.91. The van der Waals surface area contributed by atoms with Crippen LogP contribution in [0.1, 0.15) is 30.6 Å². The number of hydrogen-bond acceptors (Lipinski definition) is 5. The molecule has 0 radical (unpaired) electrons. The number of alkyl halides is 3. The van der Waals surface area contributed by atoms with Crippen LogP contribution in [0.5, 0.6) is 0 Å². The van der Waals surface area contributed by atoms with Crippen LogP contribution in [0.3, 0.4) is 0 Å². The Morgan fingerprint density at radius 1 is 1.29 bits per heavy atom. The summed E-state index contributed by atoms with van der Waals surface area (Å²) in [7, 11) is 0. The molecule has 0 aliphatic carbocycles. The fraction of sp³-hybridized carbons (Fsp3) is 0.778. The first-order valence-electron chi connectivity index (χ1n) is 5.22. The maximum atomic E-state index is 12.2. The van der Waals surface area contributed by atoms with Gasteiger partial charge in [0.15, 0.2) is 5.82 Å². The monoisotopic (exact) mass is 251 g/mol. The number of rotatable bonds is 2. The van der Waals surface area contributed by atoms with Gasteiger partial charge in [-0.05, 0) is 18.8 Å². The van der Waals surface area contributed by atoms with Crippen LogP contribution in [0.15, 0.2) is 4.52 Å². The molecule has 0 amide bonds. The molecule has 8 heteroatoms. The molecule has 1 atom stereocenters. The third-order valence-corrected chi connectivity index (χ3v) is 2.76. The molecule has 1 aromatic heterocycles. The first kappa shape index (κ1) is 12.3. The summed E-state index contributed by atoms with van der Waals surface area (Å²) in [5, 5.41) is 3.29. The minimum atomic E-state index is -4.62. The SMILES string of the molecule is NC(c1noc(C(F)(F)F)n1)C1CCOCC1. The zero-order valence-electron chi connectivity index (χ0n) is 8.91. The number of nitrogens with zero attached hydrogens (tertiary/aromatic N) is 2. The Morgan fingerprint density at radius 3 is 2.47 bits per heavy atom. The van der Waals surface area contributed by atoms with Gasteiger partial charge in [-0.25, -0.2) is 0 Å². The summed E-state index contributed by atoms with van der Waals surface area (Å²) in [5.74, 6) is -1.42. The number of nitrogens with two attached hydrogens (primary N) is 1. The summed E-state index contributed by atoms with van der Waals surface area (Å²) < 4.78 is 46.0. The molecule has 0 saturated carbocycles. The van der Waals surface area contributed by atoms with Gasteiger partial charge in [0.2, 0.25) is 0 Å². The summed E-state index contributed by atoms with van der Waals surface area (Å²) in [6, 6.07) is -0.640. The van der Waals surface area contributed by atoms with Gasteiger partial charge in [-0.1, -0.05) is 5.16 Å². The van der Waals surface area contributed by atoms with Crippen molar-refractivity contribution in [3.05, 3.63) is 11.7 Å². The van der Waals surface area contributed by atoms with Crippen molar-refractivity contribution in [1.82, 2.24) is 10.1 Å². The minimum Gasteiger partial charge on any atom is -0.381 e. The average Bonchev–Trinajstić information content (AvgIpc) is 2.78. The second kappa shape index (κ2) is 4.61. The summed E-state index contributed by atoms with van der Waals surface area (Å²) in [6.45, 7) is 1.12. The number of aromatic nitrogens is 2. The van der Waals surface area contributed by atoms with E-state index in [2.05, 4.69) is 14.7 Å². The van der Waals surface area contributed by atoms with Crippen molar-refractivity contribution in [2.24, 2.45) is 11.7 Å². The normalized spacial score (nSPS) is 20.5. The van der Waals surface area contributed by atoms with Crippen LogP contribution in [0.4, 0.5) is 13.2 Å². The lowest BCUT2D eigenvalue weighted by Crippen LogP contribution is -2.28. The summed E-state index contributed by atoms with van der Waals surface area (Å²) >= 11 is 0. The second-order valence-corrected chi connectivity index (χ2v) is 3.93. The van der Waals surface area contributed by atoms with E-state index in [0.29, 0.717) is 26.1 Å². The van der Waals surface area contributed by atoms with E-state index in [0.717, 1.165) is 0 Å². The standard InChI is InChI=1S/C9H12F3N3O2/c10-9(11,12)8-14-7(15-17-8)6(13)5-1-3-16-4-2-5/h5-6H,1-4,13H2. The third-order valence-electron chi connectivity index (χ3n) is 2.76. The Kier molecular flexibility index (Phi) is 3.34. The number of ether oxygens (including phenoxy) is 1. The zero-order chi connectivity index (χ0) is 12.5. The van der Waals surface area contributed by atoms with Crippen LogP contribution in [0.25, 0.3) is 0 Å². The van der Waals surface area contributed by atoms with Crippen molar-refractivity contribution >= 4 is 0 Å². The minimum absolute atomic E-state index is 0.0300. The molecule has 2 rings (SSSR count). The molecule has 1 unspecified atom stereocenters. The lowest BCUT2D eigenvalue weighted by Gasteiger charge is -2.25. The van der Waals surface area contributed by atoms with E-state index in [1.54, 1.807) is 0 Å². The molecule has 0 aromatic carbocycles. The smallest absolute Gasteiger partial charge is 0.381 e. The highest BCUT2D eigenvalue weighted by atomic mass is 19.4. The lowest BCUT2D eigenvalue weighted by atomic mass is 9.92. The van der Waals surface area contributed by atoms with Gasteiger partial charge in [0.1, 0.15) is 0 Å². The maximum absolute atomic E-state index is 12.2. The van der Waals surface area contributed by atoms with E-state index >= 15 is 0 Å². The first-order chi connectivity index (χ1) is 7.98. The van der Waals surface area contributed by atoms with Crippen LogP contribution in [-0.2, 0) is 10.9 Å². The Balaban J connectivity index is 2.08. The molecule has 96 valence electrons. The van der Waals surface area contributed by atoms with Gasteiger partial charge < -0.3 is 15.0 Å². The fourth-order valence-corrected chi connectivity index (χ4v) is 1.77. The van der Waals surface area contributed by atoms with E-state index in [4.69, 9.17) is 10.5 Å². The van der Waals surface area contributed by atoms with E-state index in [-0.39, 0.29) is 11.7 Å². The van der Waals surface area contributed by atoms with Crippen molar-refractivity contribution in [1.29, 1.82) is 0 Å². The molecule has 1 fully saturated rings. The topological polar surface area (TPSA) is 74.2 Å². The largest absolute Gasteiger partial charge is 0.471 e. The number of halogens is 3. The Labute approximate surface area is 95.1 Å². The molecular formula is C9H12F3N3O2. The molecule has 0 bridgehead atoms. The molecule has 1 aromatic rings. The van der Waals surface area contributed by atoms with Crippen molar-refractivity contribution in [2.75, 3.05) is 13.2 Å². The maximum Gasteiger partial charge on any atom is 0.471 e. The second-order valence-electron chi connectivity index (χ2n) is 3.93. The highest BCUT2D eigenvalue weighted by Gasteiger charge is 2.39. The summed E-state index contributed by atoms with van der Waals surface area (Å²) in [6.07, 6.45) is -3.24.